The second kappa shape index (κ2) is 15.9. The Morgan fingerprint density at radius 1 is 0.532 bits per heavy atom. The zero-order chi connectivity index (χ0) is 32.3. The number of anilines is 2. The van der Waals surface area contributed by atoms with Gasteiger partial charge in [-0.3, -0.25) is 0 Å². The van der Waals surface area contributed by atoms with Gasteiger partial charge in [0, 0.05) is 60.8 Å². The Kier molecular flexibility index (Phi) is 10.8. The average molecular weight is 627 g/mol. The summed E-state index contributed by atoms with van der Waals surface area (Å²) in [4.78, 5) is 4.80. The second-order valence-electron chi connectivity index (χ2n) is 11.8. The van der Waals surface area contributed by atoms with Crippen molar-refractivity contribution in [1.82, 2.24) is 10.3 Å². The van der Waals surface area contributed by atoms with Crippen molar-refractivity contribution in [1.29, 1.82) is 0 Å². The Labute approximate surface area is 277 Å². The van der Waals surface area contributed by atoms with Gasteiger partial charge in [-0.25, -0.2) is 0 Å². The van der Waals surface area contributed by atoms with Crippen LogP contribution in [0, 0.1) is 0 Å². The van der Waals surface area contributed by atoms with E-state index in [1.807, 2.05) is 12.1 Å². The van der Waals surface area contributed by atoms with Crippen LogP contribution in [0.1, 0.15) is 49.3 Å². The highest BCUT2D eigenvalue weighted by atomic mass is 16.5. The van der Waals surface area contributed by atoms with Crippen LogP contribution >= 0.6 is 0 Å². The average Bonchev–Trinajstić information content (AvgIpc) is 3.80. The summed E-state index contributed by atoms with van der Waals surface area (Å²) in [5.41, 5.74) is 8.56. The zero-order valence-corrected chi connectivity index (χ0v) is 27.2. The molecule has 0 amide bonds. The molecule has 0 saturated carbocycles. The lowest BCUT2D eigenvalue weighted by Crippen LogP contribution is -2.23. The molecule has 6 rings (SSSR count). The van der Waals surface area contributed by atoms with Gasteiger partial charge in [-0.1, -0.05) is 109 Å². The highest BCUT2D eigenvalue weighted by Crippen LogP contribution is 2.27. The van der Waals surface area contributed by atoms with E-state index in [2.05, 4.69) is 143 Å². The number of ether oxygens (including phenoxy) is 1. The van der Waals surface area contributed by atoms with Crippen molar-refractivity contribution in [2.24, 2.45) is 0 Å². The monoisotopic (exact) mass is 626 g/mol. The van der Waals surface area contributed by atoms with E-state index in [9.17, 15) is 0 Å². The fourth-order valence-corrected chi connectivity index (χ4v) is 5.72. The van der Waals surface area contributed by atoms with E-state index in [1.54, 1.807) is 0 Å². The van der Waals surface area contributed by atoms with Crippen molar-refractivity contribution in [3.8, 4) is 22.5 Å². The van der Waals surface area contributed by atoms with Gasteiger partial charge in [0.2, 0.25) is 0 Å². The lowest BCUT2D eigenvalue weighted by Gasteiger charge is -2.24. The predicted molar refractivity (Wildman–Crippen MR) is 188 cm³/mol. The molecule has 0 N–H and O–H groups in total. The van der Waals surface area contributed by atoms with Crippen LogP contribution in [0.2, 0.25) is 0 Å². The maximum absolute atomic E-state index is 5.89. The minimum absolute atomic E-state index is 0.284. The van der Waals surface area contributed by atoms with Crippen LogP contribution in [0.15, 0.2) is 130 Å². The van der Waals surface area contributed by atoms with Crippen molar-refractivity contribution in [2.75, 3.05) is 22.9 Å². The first-order valence-corrected chi connectivity index (χ1v) is 16.5. The summed E-state index contributed by atoms with van der Waals surface area (Å²) in [7, 11) is 0. The molecule has 0 fully saturated rings. The molecule has 2 heterocycles. The molecule has 7 nitrogen and oxygen atoms in total. The van der Waals surface area contributed by atoms with Gasteiger partial charge < -0.3 is 23.6 Å². The van der Waals surface area contributed by atoms with Gasteiger partial charge in [0.25, 0.3) is 0 Å². The minimum atomic E-state index is 0.284. The molecule has 7 heteroatoms. The van der Waals surface area contributed by atoms with E-state index >= 15 is 0 Å². The predicted octanol–water partition coefficient (Wildman–Crippen LogP) is 9.55. The van der Waals surface area contributed by atoms with Crippen molar-refractivity contribution in [3.05, 3.63) is 144 Å². The highest BCUT2D eigenvalue weighted by Gasteiger charge is 2.13. The molecular formula is C40H42N4O3. The fraction of sp³-hybridized carbons (Fsp3) is 0.250. The first kappa shape index (κ1) is 31.8. The number of rotatable bonds is 16. The third kappa shape index (κ3) is 8.57. The SMILES string of the molecule is CCCN(Cc1ccccc1)c1ccc(-c2cc(COCc3cc(-c4ccc(N(CCC)Cc5ccccc5)cc4)no3)on2)cc1. The molecule has 0 unspecified atom stereocenters. The third-order valence-electron chi connectivity index (χ3n) is 8.08. The van der Waals surface area contributed by atoms with Crippen molar-refractivity contribution < 1.29 is 13.8 Å². The summed E-state index contributed by atoms with van der Waals surface area (Å²) in [5, 5.41) is 8.56. The Morgan fingerprint density at radius 2 is 0.936 bits per heavy atom. The van der Waals surface area contributed by atoms with Gasteiger partial charge >= 0.3 is 0 Å². The normalized spacial score (nSPS) is 11.1. The molecule has 0 aliphatic rings. The van der Waals surface area contributed by atoms with Gasteiger partial charge in [-0.15, -0.1) is 0 Å². The van der Waals surface area contributed by atoms with Gasteiger partial charge in [0.05, 0.1) is 0 Å². The lowest BCUT2D eigenvalue weighted by atomic mass is 10.1. The van der Waals surface area contributed by atoms with Crippen LogP contribution in [0.3, 0.4) is 0 Å². The van der Waals surface area contributed by atoms with E-state index < -0.39 is 0 Å². The fourth-order valence-electron chi connectivity index (χ4n) is 5.72. The van der Waals surface area contributed by atoms with Gasteiger partial charge in [0.15, 0.2) is 11.5 Å². The molecule has 0 bridgehead atoms. The topological polar surface area (TPSA) is 67.8 Å². The molecule has 4 aromatic carbocycles. The molecule has 2 aromatic heterocycles. The van der Waals surface area contributed by atoms with Crippen molar-refractivity contribution >= 4 is 11.4 Å². The first-order chi connectivity index (χ1) is 23.2. The van der Waals surface area contributed by atoms with E-state index in [0.717, 1.165) is 61.5 Å². The van der Waals surface area contributed by atoms with E-state index in [0.29, 0.717) is 11.5 Å². The summed E-state index contributed by atoms with van der Waals surface area (Å²) < 4.78 is 17.0. The van der Waals surface area contributed by atoms with E-state index in [1.165, 1.54) is 22.5 Å². The standard InChI is InChI=1S/C40H42N4O3/c1-3-23-43(27-31-11-7-5-8-12-31)35-19-15-33(16-20-35)39-25-37(46-41-39)29-45-30-38-26-40(42-47-38)34-17-21-36(22-18-34)44(24-4-2)28-32-13-9-6-10-14-32/h5-22,25-26H,3-4,23-24,27-30H2,1-2H3. The van der Waals surface area contributed by atoms with Crippen LogP contribution in [0.4, 0.5) is 11.4 Å². The summed E-state index contributed by atoms with van der Waals surface area (Å²) >= 11 is 0. The number of benzene rings is 4. The Morgan fingerprint density at radius 3 is 1.32 bits per heavy atom. The molecule has 0 saturated heterocycles. The van der Waals surface area contributed by atoms with Gasteiger partial charge in [0.1, 0.15) is 24.6 Å². The summed E-state index contributed by atoms with van der Waals surface area (Å²) in [6.07, 6.45) is 2.16. The third-order valence-corrected chi connectivity index (χ3v) is 8.08. The molecule has 0 aliphatic heterocycles. The summed E-state index contributed by atoms with van der Waals surface area (Å²) in [6.45, 7) is 8.73. The maximum atomic E-state index is 5.89. The van der Waals surface area contributed by atoms with Crippen LogP contribution in [0.5, 0.6) is 0 Å². The van der Waals surface area contributed by atoms with Crippen molar-refractivity contribution in [2.45, 2.75) is 53.0 Å². The number of hydrogen-bond donors (Lipinski definition) is 0. The van der Waals surface area contributed by atoms with Crippen LogP contribution in [-0.2, 0) is 31.0 Å². The van der Waals surface area contributed by atoms with Crippen molar-refractivity contribution in [3.63, 3.8) is 0 Å². The number of aromatic nitrogens is 2. The molecule has 0 radical (unpaired) electrons. The first-order valence-electron chi connectivity index (χ1n) is 16.5. The quantitative estimate of drug-likeness (QED) is 0.106. The zero-order valence-electron chi connectivity index (χ0n) is 27.2. The number of nitrogens with zero attached hydrogens (tertiary/aromatic N) is 4. The van der Waals surface area contributed by atoms with E-state index in [-0.39, 0.29) is 13.2 Å². The van der Waals surface area contributed by atoms with Gasteiger partial charge in [-0.2, -0.15) is 0 Å². The van der Waals surface area contributed by atoms with Crippen LogP contribution < -0.4 is 9.80 Å². The molecule has 0 spiro atoms. The molecule has 240 valence electrons. The van der Waals surface area contributed by atoms with E-state index in [4.69, 9.17) is 13.8 Å². The molecule has 47 heavy (non-hydrogen) atoms. The summed E-state index contributed by atoms with van der Waals surface area (Å²) in [5.74, 6) is 1.31. The smallest absolute Gasteiger partial charge is 0.163 e. The van der Waals surface area contributed by atoms with Gasteiger partial charge in [-0.05, 0) is 48.2 Å². The minimum Gasteiger partial charge on any atom is -0.367 e. The largest absolute Gasteiger partial charge is 0.367 e. The lowest BCUT2D eigenvalue weighted by molar-refractivity contribution is 0.0727. The second-order valence-corrected chi connectivity index (χ2v) is 11.8. The molecule has 0 atom stereocenters. The van der Waals surface area contributed by atoms with Crippen LogP contribution in [-0.4, -0.2) is 23.4 Å². The Bertz CT molecular complexity index is 1650. The Balaban J connectivity index is 1.01. The summed E-state index contributed by atoms with van der Waals surface area (Å²) in [6, 6.07) is 42.0. The molecule has 6 aromatic rings. The maximum Gasteiger partial charge on any atom is 0.163 e. The molecule has 0 aliphatic carbocycles. The Hall–Kier alpha value is -5.14. The van der Waals surface area contributed by atoms with Crippen LogP contribution in [0.25, 0.3) is 22.5 Å². The molecular weight excluding hydrogens is 584 g/mol. The number of hydrogen-bond acceptors (Lipinski definition) is 7. The highest BCUT2D eigenvalue weighted by molar-refractivity contribution is 5.64.